The summed E-state index contributed by atoms with van der Waals surface area (Å²) in [5.74, 6) is 0. The van der Waals surface area contributed by atoms with Crippen LogP contribution in [-0.2, 0) is 4.74 Å². The molecule has 1 fully saturated rings. The second-order valence-electron chi connectivity index (χ2n) is 4.61. The van der Waals surface area contributed by atoms with Gasteiger partial charge in [0.15, 0.2) is 0 Å². The fourth-order valence-electron chi connectivity index (χ4n) is 2.11. The quantitative estimate of drug-likeness (QED) is 0.626. The molecule has 1 aliphatic rings. The predicted octanol–water partition coefficient (Wildman–Crippen LogP) is 3.12. The summed E-state index contributed by atoms with van der Waals surface area (Å²) >= 11 is 0. The van der Waals surface area contributed by atoms with Gasteiger partial charge in [-0.1, -0.05) is 39.0 Å². The zero-order chi connectivity index (χ0) is 10.8. The minimum absolute atomic E-state index is 0.731. The molecule has 0 amide bonds. The Balaban J connectivity index is 1.79. The van der Waals surface area contributed by atoms with Crippen molar-refractivity contribution in [2.24, 2.45) is 0 Å². The Bertz CT molecular complexity index is 132. The van der Waals surface area contributed by atoms with E-state index in [4.69, 9.17) is 4.74 Å². The minimum atomic E-state index is 0.731. The first-order valence-electron chi connectivity index (χ1n) is 6.74. The number of hydrogen-bond acceptors (Lipinski definition) is 2. The van der Waals surface area contributed by atoms with E-state index in [2.05, 4.69) is 12.2 Å². The van der Waals surface area contributed by atoms with E-state index >= 15 is 0 Å². The van der Waals surface area contributed by atoms with E-state index in [1.807, 2.05) is 0 Å². The van der Waals surface area contributed by atoms with Crippen molar-refractivity contribution in [3.8, 4) is 0 Å². The van der Waals surface area contributed by atoms with E-state index in [0.717, 1.165) is 19.3 Å². The van der Waals surface area contributed by atoms with E-state index in [1.54, 1.807) is 0 Å². The Morgan fingerprint density at radius 1 is 1.00 bits per heavy atom. The minimum Gasteiger partial charge on any atom is -0.381 e. The van der Waals surface area contributed by atoms with Crippen molar-refractivity contribution in [3.63, 3.8) is 0 Å². The maximum absolute atomic E-state index is 5.33. The highest BCUT2D eigenvalue weighted by Gasteiger charge is 2.11. The molecule has 90 valence electrons. The summed E-state index contributed by atoms with van der Waals surface area (Å²) in [5.41, 5.74) is 0. The SMILES string of the molecule is CCCCCCCCNC1CCOCC1. The van der Waals surface area contributed by atoms with Crippen LogP contribution in [0.15, 0.2) is 0 Å². The Morgan fingerprint density at radius 2 is 1.67 bits per heavy atom. The third-order valence-electron chi connectivity index (χ3n) is 3.18. The maximum atomic E-state index is 5.33. The normalized spacial score (nSPS) is 18.2. The van der Waals surface area contributed by atoms with Gasteiger partial charge in [0.05, 0.1) is 0 Å². The van der Waals surface area contributed by atoms with Crippen molar-refractivity contribution in [1.29, 1.82) is 0 Å². The molecule has 0 atom stereocenters. The van der Waals surface area contributed by atoms with Gasteiger partial charge in [-0.3, -0.25) is 0 Å². The molecule has 1 N–H and O–H groups in total. The largest absolute Gasteiger partial charge is 0.381 e. The zero-order valence-electron chi connectivity index (χ0n) is 10.3. The first kappa shape index (κ1) is 13.0. The molecule has 0 spiro atoms. The van der Waals surface area contributed by atoms with Crippen LogP contribution in [0.5, 0.6) is 0 Å². The van der Waals surface area contributed by atoms with Crippen LogP contribution in [0.25, 0.3) is 0 Å². The van der Waals surface area contributed by atoms with Crippen LogP contribution < -0.4 is 5.32 Å². The van der Waals surface area contributed by atoms with Crippen molar-refractivity contribution in [2.75, 3.05) is 19.8 Å². The standard InChI is InChI=1S/C13H27NO/c1-2-3-4-5-6-7-10-14-13-8-11-15-12-9-13/h13-14H,2-12H2,1H3. The van der Waals surface area contributed by atoms with Gasteiger partial charge in [-0.2, -0.15) is 0 Å². The summed E-state index contributed by atoms with van der Waals surface area (Å²) in [4.78, 5) is 0. The molecular formula is C13H27NO. The fraction of sp³-hybridized carbons (Fsp3) is 1.00. The van der Waals surface area contributed by atoms with Crippen LogP contribution in [0.1, 0.15) is 58.3 Å². The number of ether oxygens (including phenoxy) is 1. The topological polar surface area (TPSA) is 21.3 Å². The number of rotatable bonds is 8. The van der Waals surface area contributed by atoms with Gasteiger partial charge in [-0.05, 0) is 25.8 Å². The van der Waals surface area contributed by atoms with E-state index < -0.39 is 0 Å². The molecule has 0 saturated carbocycles. The highest BCUT2D eigenvalue weighted by atomic mass is 16.5. The molecule has 1 aliphatic heterocycles. The van der Waals surface area contributed by atoms with Crippen molar-refractivity contribution in [2.45, 2.75) is 64.3 Å². The van der Waals surface area contributed by atoms with Gasteiger partial charge in [-0.15, -0.1) is 0 Å². The Morgan fingerprint density at radius 3 is 2.40 bits per heavy atom. The highest BCUT2D eigenvalue weighted by molar-refractivity contribution is 4.69. The van der Waals surface area contributed by atoms with Gasteiger partial charge >= 0.3 is 0 Å². The average molecular weight is 213 g/mol. The molecular weight excluding hydrogens is 186 g/mol. The molecule has 0 aromatic carbocycles. The van der Waals surface area contributed by atoms with E-state index in [0.29, 0.717) is 0 Å². The monoisotopic (exact) mass is 213 g/mol. The summed E-state index contributed by atoms with van der Waals surface area (Å²) in [6.07, 6.45) is 10.8. The van der Waals surface area contributed by atoms with Crippen molar-refractivity contribution in [3.05, 3.63) is 0 Å². The molecule has 0 radical (unpaired) electrons. The third kappa shape index (κ3) is 6.91. The van der Waals surface area contributed by atoms with E-state index in [9.17, 15) is 0 Å². The molecule has 1 saturated heterocycles. The van der Waals surface area contributed by atoms with Gasteiger partial charge < -0.3 is 10.1 Å². The Kier molecular flexibility index (Phi) is 7.94. The lowest BCUT2D eigenvalue weighted by Gasteiger charge is -2.23. The Hall–Kier alpha value is -0.0800. The van der Waals surface area contributed by atoms with Crippen LogP contribution in [0, 0.1) is 0 Å². The molecule has 1 rings (SSSR count). The predicted molar refractivity (Wildman–Crippen MR) is 65.2 cm³/mol. The van der Waals surface area contributed by atoms with E-state index in [1.165, 1.54) is 57.9 Å². The third-order valence-corrected chi connectivity index (χ3v) is 3.18. The molecule has 15 heavy (non-hydrogen) atoms. The summed E-state index contributed by atoms with van der Waals surface area (Å²) in [6, 6.07) is 0.731. The van der Waals surface area contributed by atoms with Crippen molar-refractivity contribution >= 4 is 0 Å². The number of hydrogen-bond donors (Lipinski definition) is 1. The van der Waals surface area contributed by atoms with Crippen LogP contribution in [-0.4, -0.2) is 25.8 Å². The van der Waals surface area contributed by atoms with Crippen molar-refractivity contribution in [1.82, 2.24) is 5.32 Å². The maximum Gasteiger partial charge on any atom is 0.0480 e. The van der Waals surface area contributed by atoms with Crippen molar-refractivity contribution < 1.29 is 4.74 Å². The first-order valence-corrected chi connectivity index (χ1v) is 6.74. The lowest BCUT2D eigenvalue weighted by molar-refractivity contribution is 0.0780. The highest BCUT2D eigenvalue weighted by Crippen LogP contribution is 2.07. The average Bonchev–Trinajstić information content (AvgIpc) is 2.29. The lowest BCUT2D eigenvalue weighted by atomic mass is 10.1. The first-order chi connectivity index (χ1) is 7.43. The van der Waals surface area contributed by atoms with Crippen LogP contribution in [0.2, 0.25) is 0 Å². The summed E-state index contributed by atoms with van der Waals surface area (Å²) in [7, 11) is 0. The van der Waals surface area contributed by atoms with Crippen LogP contribution in [0.3, 0.4) is 0 Å². The molecule has 0 unspecified atom stereocenters. The fourth-order valence-corrected chi connectivity index (χ4v) is 2.11. The number of unbranched alkanes of at least 4 members (excludes halogenated alkanes) is 5. The van der Waals surface area contributed by atoms with Crippen LogP contribution >= 0.6 is 0 Å². The molecule has 2 nitrogen and oxygen atoms in total. The molecule has 0 aromatic heterocycles. The summed E-state index contributed by atoms with van der Waals surface area (Å²) < 4.78 is 5.33. The summed E-state index contributed by atoms with van der Waals surface area (Å²) in [6.45, 7) is 5.38. The van der Waals surface area contributed by atoms with Gasteiger partial charge in [-0.25, -0.2) is 0 Å². The molecule has 0 aromatic rings. The smallest absolute Gasteiger partial charge is 0.0480 e. The van der Waals surface area contributed by atoms with Gasteiger partial charge in [0.2, 0.25) is 0 Å². The molecule has 0 aliphatic carbocycles. The van der Waals surface area contributed by atoms with Crippen LogP contribution in [0.4, 0.5) is 0 Å². The number of nitrogens with one attached hydrogen (secondary N) is 1. The van der Waals surface area contributed by atoms with E-state index in [-0.39, 0.29) is 0 Å². The second-order valence-corrected chi connectivity index (χ2v) is 4.61. The molecule has 1 heterocycles. The summed E-state index contributed by atoms with van der Waals surface area (Å²) in [5, 5.41) is 3.63. The van der Waals surface area contributed by atoms with Gasteiger partial charge in [0.1, 0.15) is 0 Å². The molecule has 2 heteroatoms. The molecule has 0 bridgehead atoms. The van der Waals surface area contributed by atoms with Gasteiger partial charge in [0.25, 0.3) is 0 Å². The second kappa shape index (κ2) is 9.17. The lowest BCUT2D eigenvalue weighted by Crippen LogP contribution is -2.35. The zero-order valence-corrected chi connectivity index (χ0v) is 10.3. The Labute approximate surface area is 94.8 Å². The van der Waals surface area contributed by atoms with Gasteiger partial charge in [0, 0.05) is 19.3 Å².